The van der Waals surface area contributed by atoms with Crippen molar-refractivity contribution < 1.29 is 26.7 Å². The van der Waals surface area contributed by atoms with E-state index in [1.807, 2.05) is 0 Å². The number of nitrogens with one attached hydrogen (secondary N) is 2. The number of methoxy groups -OCH3 is 1. The highest BCUT2D eigenvalue weighted by molar-refractivity contribution is 7.89. The number of carbonyl (C=O) groups excluding carboxylic acids is 1. The summed E-state index contributed by atoms with van der Waals surface area (Å²) in [5, 5.41) is 2.44. The molecule has 0 heterocycles. The van der Waals surface area contributed by atoms with Crippen LogP contribution < -0.4 is 14.8 Å². The Balaban J connectivity index is 1.88. The van der Waals surface area contributed by atoms with Crippen LogP contribution in [0.4, 0.5) is 14.5 Å². The van der Waals surface area contributed by atoms with Crippen LogP contribution in [-0.2, 0) is 21.2 Å². The summed E-state index contributed by atoms with van der Waals surface area (Å²) in [7, 11) is -2.60. The number of rotatable bonds is 8. The third-order valence-corrected chi connectivity index (χ3v) is 6.23. The molecule has 3 aromatic rings. The van der Waals surface area contributed by atoms with E-state index >= 15 is 0 Å². The van der Waals surface area contributed by atoms with Crippen molar-refractivity contribution in [2.75, 3.05) is 12.4 Å². The number of sulfonamides is 1. The van der Waals surface area contributed by atoms with E-state index in [4.69, 9.17) is 4.74 Å². The van der Waals surface area contributed by atoms with Crippen LogP contribution in [0.3, 0.4) is 0 Å². The molecule has 2 N–H and O–H groups in total. The summed E-state index contributed by atoms with van der Waals surface area (Å²) in [5.74, 6) is -2.37. The summed E-state index contributed by atoms with van der Waals surface area (Å²) >= 11 is 0. The standard InChI is InChI=1S/C23H22F2N2O4S/c1-15-12-18(9-11-22(15)31-2)32(29,30)27-21(13-16-6-4-3-5-7-16)23(28)26-17-8-10-19(24)20(25)14-17/h3-12,14,21,27H,13H2,1-2H3,(H,26,28)/t21-/m1/s1. The first-order valence-electron chi connectivity index (χ1n) is 9.66. The average Bonchev–Trinajstić information content (AvgIpc) is 2.76. The van der Waals surface area contributed by atoms with E-state index in [2.05, 4.69) is 10.0 Å². The van der Waals surface area contributed by atoms with E-state index in [0.717, 1.165) is 12.1 Å². The molecule has 1 amide bonds. The number of aryl methyl sites for hydroxylation is 1. The number of hydrogen-bond donors (Lipinski definition) is 2. The zero-order chi connectivity index (χ0) is 23.3. The molecule has 0 radical (unpaired) electrons. The third kappa shape index (κ3) is 5.68. The average molecular weight is 461 g/mol. The molecule has 0 saturated heterocycles. The fraction of sp³-hybridized carbons (Fsp3) is 0.174. The Kier molecular flexibility index (Phi) is 7.22. The summed E-state index contributed by atoms with van der Waals surface area (Å²) in [5.41, 5.74) is 1.33. The Morgan fingerprint density at radius 1 is 1.00 bits per heavy atom. The lowest BCUT2D eigenvalue weighted by Crippen LogP contribution is -2.45. The number of ether oxygens (including phenoxy) is 1. The first-order chi connectivity index (χ1) is 15.2. The molecule has 6 nitrogen and oxygen atoms in total. The van der Waals surface area contributed by atoms with Gasteiger partial charge in [-0.25, -0.2) is 17.2 Å². The van der Waals surface area contributed by atoms with Gasteiger partial charge in [0.25, 0.3) is 0 Å². The normalized spacial score (nSPS) is 12.2. The van der Waals surface area contributed by atoms with Crippen LogP contribution in [-0.4, -0.2) is 27.5 Å². The largest absolute Gasteiger partial charge is 0.496 e. The molecule has 0 bridgehead atoms. The molecule has 9 heteroatoms. The molecule has 0 aliphatic carbocycles. The van der Waals surface area contributed by atoms with Crippen molar-refractivity contribution in [1.29, 1.82) is 0 Å². The van der Waals surface area contributed by atoms with E-state index in [-0.39, 0.29) is 17.0 Å². The van der Waals surface area contributed by atoms with E-state index < -0.39 is 33.6 Å². The maximum absolute atomic E-state index is 13.5. The fourth-order valence-corrected chi connectivity index (χ4v) is 4.39. The van der Waals surface area contributed by atoms with Gasteiger partial charge in [0.15, 0.2) is 11.6 Å². The summed E-state index contributed by atoms with van der Waals surface area (Å²) in [6, 6.07) is 14.9. The molecule has 3 rings (SSSR count). The van der Waals surface area contributed by atoms with Crippen molar-refractivity contribution in [2.45, 2.75) is 24.3 Å². The van der Waals surface area contributed by atoms with Crippen LogP contribution >= 0.6 is 0 Å². The third-order valence-electron chi connectivity index (χ3n) is 4.76. The molecule has 3 aromatic carbocycles. The maximum atomic E-state index is 13.5. The van der Waals surface area contributed by atoms with Crippen LogP contribution in [0.2, 0.25) is 0 Å². The number of anilines is 1. The van der Waals surface area contributed by atoms with Gasteiger partial charge in [-0.15, -0.1) is 0 Å². The van der Waals surface area contributed by atoms with Gasteiger partial charge >= 0.3 is 0 Å². The monoisotopic (exact) mass is 460 g/mol. The highest BCUT2D eigenvalue weighted by Gasteiger charge is 2.27. The molecule has 168 valence electrons. The van der Waals surface area contributed by atoms with Crippen molar-refractivity contribution in [1.82, 2.24) is 4.72 Å². The van der Waals surface area contributed by atoms with Crippen molar-refractivity contribution in [3.63, 3.8) is 0 Å². The van der Waals surface area contributed by atoms with Gasteiger partial charge in [0.2, 0.25) is 15.9 Å². The zero-order valence-electron chi connectivity index (χ0n) is 17.4. The predicted octanol–water partition coefficient (Wildman–Crippen LogP) is 3.81. The van der Waals surface area contributed by atoms with Crippen molar-refractivity contribution in [3.8, 4) is 5.75 Å². The lowest BCUT2D eigenvalue weighted by atomic mass is 10.1. The van der Waals surface area contributed by atoms with Gasteiger partial charge in [-0.05, 0) is 54.8 Å². The smallest absolute Gasteiger partial charge is 0.242 e. The molecule has 0 saturated carbocycles. The first-order valence-corrected chi connectivity index (χ1v) is 11.1. The predicted molar refractivity (Wildman–Crippen MR) is 117 cm³/mol. The summed E-state index contributed by atoms with van der Waals surface area (Å²) < 4.78 is 60.3. The zero-order valence-corrected chi connectivity index (χ0v) is 18.2. The second-order valence-corrected chi connectivity index (χ2v) is 8.83. The van der Waals surface area contributed by atoms with E-state index in [1.54, 1.807) is 37.3 Å². The fourth-order valence-electron chi connectivity index (χ4n) is 3.11. The maximum Gasteiger partial charge on any atom is 0.242 e. The molecule has 0 aliphatic heterocycles. The second kappa shape index (κ2) is 9.88. The topological polar surface area (TPSA) is 84.5 Å². The second-order valence-electron chi connectivity index (χ2n) is 7.11. The van der Waals surface area contributed by atoms with Gasteiger partial charge in [0.05, 0.1) is 12.0 Å². The van der Waals surface area contributed by atoms with E-state index in [9.17, 15) is 22.0 Å². The summed E-state index contributed by atoms with van der Waals surface area (Å²) in [6.07, 6.45) is 0.0463. The molecule has 32 heavy (non-hydrogen) atoms. The molecular weight excluding hydrogens is 438 g/mol. The van der Waals surface area contributed by atoms with Gasteiger partial charge in [0.1, 0.15) is 11.8 Å². The number of halogens is 2. The van der Waals surface area contributed by atoms with Gasteiger partial charge in [0, 0.05) is 11.8 Å². The highest BCUT2D eigenvalue weighted by Crippen LogP contribution is 2.22. The lowest BCUT2D eigenvalue weighted by Gasteiger charge is -2.19. The SMILES string of the molecule is COc1ccc(S(=O)(=O)N[C@H](Cc2ccccc2)C(=O)Nc2ccc(F)c(F)c2)cc1C. The van der Waals surface area contributed by atoms with Crippen LogP contribution in [0.15, 0.2) is 71.6 Å². The lowest BCUT2D eigenvalue weighted by molar-refractivity contribution is -0.117. The molecule has 0 spiro atoms. The quantitative estimate of drug-likeness (QED) is 0.536. The van der Waals surface area contributed by atoms with Gasteiger partial charge in [-0.1, -0.05) is 30.3 Å². The molecule has 0 aromatic heterocycles. The van der Waals surface area contributed by atoms with Crippen LogP contribution in [0.1, 0.15) is 11.1 Å². The molecule has 0 fully saturated rings. The van der Waals surface area contributed by atoms with Gasteiger partial charge in [-0.2, -0.15) is 4.72 Å². The van der Waals surface area contributed by atoms with Gasteiger partial charge < -0.3 is 10.1 Å². The number of amides is 1. The number of hydrogen-bond acceptors (Lipinski definition) is 4. The Morgan fingerprint density at radius 3 is 2.34 bits per heavy atom. The Hall–Kier alpha value is -3.30. The van der Waals surface area contributed by atoms with Crippen LogP contribution in [0.25, 0.3) is 0 Å². The molecule has 1 atom stereocenters. The van der Waals surface area contributed by atoms with Crippen molar-refractivity contribution >= 4 is 21.6 Å². The summed E-state index contributed by atoms with van der Waals surface area (Å²) in [4.78, 5) is 12.9. The Morgan fingerprint density at radius 2 is 1.72 bits per heavy atom. The van der Waals surface area contributed by atoms with Crippen LogP contribution in [0.5, 0.6) is 5.75 Å². The minimum Gasteiger partial charge on any atom is -0.496 e. The molecular formula is C23H22F2N2O4S. The van der Waals surface area contributed by atoms with Gasteiger partial charge in [-0.3, -0.25) is 4.79 Å². The van der Waals surface area contributed by atoms with Crippen molar-refractivity contribution in [2.24, 2.45) is 0 Å². The highest BCUT2D eigenvalue weighted by atomic mass is 32.2. The van der Waals surface area contributed by atoms with Crippen molar-refractivity contribution in [3.05, 3.63) is 89.5 Å². The summed E-state index contributed by atoms with van der Waals surface area (Å²) in [6.45, 7) is 1.70. The number of benzene rings is 3. The number of carbonyl (C=O) groups is 1. The molecule has 0 unspecified atom stereocenters. The Labute approximate surface area is 185 Å². The molecule has 0 aliphatic rings. The van der Waals surface area contributed by atoms with E-state index in [0.29, 0.717) is 16.9 Å². The minimum atomic E-state index is -4.08. The Bertz CT molecular complexity index is 1220. The first kappa shape index (κ1) is 23.4. The van der Waals surface area contributed by atoms with Crippen LogP contribution in [0, 0.1) is 18.6 Å². The minimum absolute atomic E-state index is 0.00597. The van der Waals surface area contributed by atoms with E-state index in [1.165, 1.54) is 31.4 Å².